The zero-order valence-electron chi connectivity index (χ0n) is 5.27. The maximum atomic E-state index is 5.73. The van der Waals surface area contributed by atoms with E-state index in [2.05, 4.69) is 15.9 Å². The number of nitrogens with two attached hydrogens (primary N) is 2. The van der Waals surface area contributed by atoms with Crippen LogP contribution in [0, 0.1) is 0 Å². The van der Waals surface area contributed by atoms with Crippen molar-refractivity contribution in [3.8, 4) is 0 Å². The Morgan fingerprint density at radius 2 is 2.20 bits per heavy atom. The van der Waals surface area contributed by atoms with Crippen molar-refractivity contribution in [1.29, 1.82) is 0 Å². The number of allylic oxidation sites excluding steroid dienone is 3. The van der Waals surface area contributed by atoms with Gasteiger partial charge in [-0.15, -0.1) is 0 Å². The molecule has 0 spiro atoms. The molecule has 0 saturated carbocycles. The van der Waals surface area contributed by atoms with E-state index in [0.29, 0.717) is 11.4 Å². The molecule has 1 aliphatic rings. The van der Waals surface area contributed by atoms with E-state index in [9.17, 15) is 0 Å². The second-order valence-corrected chi connectivity index (χ2v) is 3.76. The minimum Gasteiger partial charge on any atom is -0.399 e. The van der Waals surface area contributed by atoms with Gasteiger partial charge in [0.15, 0.2) is 0 Å². The predicted octanol–water partition coefficient (Wildman–Crippen LogP) is 1.41. The molecule has 0 heterocycles. The van der Waals surface area contributed by atoms with Crippen LogP contribution in [0.1, 0.15) is 6.42 Å². The van der Waals surface area contributed by atoms with Gasteiger partial charge in [-0.25, -0.2) is 0 Å². The molecule has 2 nitrogen and oxygen atoms in total. The van der Waals surface area contributed by atoms with Gasteiger partial charge >= 0.3 is 0 Å². The van der Waals surface area contributed by atoms with Gasteiger partial charge in [-0.1, -0.05) is 27.5 Å². The van der Waals surface area contributed by atoms with Crippen LogP contribution in [0.3, 0.4) is 0 Å². The molecule has 56 valence electrons. The monoisotopic (exact) mass is 222 g/mol. The van der Waals surface area contributed by atoms with Crippen molar-refractivity contribution in [2.75, 3.05) is 0 Å². The van der Waals surface area contributed by atoms with Crippen molar-refractivity contribution >= 4 is 27.5 Å². The van der Waals surface area contributed by atoms with Crippen molar-refractivity contribution in [1.82, 2.24) is 0 Å². The number of hydrogen-bond acceptors (Lipinski definition) is 2. The van der Waals surface area contributed by atoms with Crippen molar-refractivity contribution in [3.63, 3.8) is 0 Å². The molecule has 1 unspecified atom stereocenters. The molecule has 0 aromatic heterocycles. The Hall–Kier alpha value is -0.150. The molecule has 0 bridgehead atoms. The summed E-state index contributed by atoms with van der Waals surface area (Å²) in [5.41, 5.74) is 12.3. The van der Waals surface area contributed by atoms with E-state index in [1.54, 1.807) is 6.08 Å². The van der Waals surface area contributed by atoms with Crippen LogP contribution in [0.15, 0.2) is 22.5 Å². The van der Waals surface area contributed by atoms with Crippen molar-refractivity contribution in [2.45, 2.75) is 11.2 Å². The maximum absolute atomic E-state index is 5.73. The molecule has 0 aromatic rings. The van der Waals surface area contributed by atoms with Gasteiger partial charge < -0.3 is 11.5 Å². The summed E-state index contributed by atoms with van der Waals surface area (Å²) in [5, 5.41) is 0.744. The summed E-state index contributed by atoms with van der Waals surface area (Å²) in [7, 11) is 0. The van der Waals surface area contributed by atoms with E-state index in [1.807, 2.05) is 0 Å². The summed E-state index contributed by atoms with van der Waals surface area (Å²) in [6, 6.07) is 0. The third-order valence-electron chi connectivity index (χ3n) is 1.36. The Morgan fingerprint density at radius 1 is 1.60 bits per heavy atom. The summed E-state index contributed by atoms with van der Waals surface area (Å²) < 4.78 is 0. The van der Waals surface area contributed by atoms with E-state index in [-0.39, 0.29) is 4.83 Å². The van der Waals surface area contributed by atoms with Gasteiger partial charge in [-0.2, -0.15) is 0 Å². The van der Waals surface area contributed by atoms with Crippen molar-refractivity contribution < 1.29 is 0 Å². The van der Waals surface area contributed by atoms with Crippen LogP contribution in [0.2, 0.25) is 0 Å². The van der Waals surface area contributed by atoms with Gasteiger partial charge in [0.05, 0.1) is 10.5 Å². The summed E-state index contributed by atoms with van der Waals surface area (Å²) >= 11 is 9.08. The molecule has 0 aliphatic heterocycles. The Kier molecular flexibility index (Phi) is 2.26. The van der Waals surface area contributed by atoms with Gasteiger partial charge in [0.2, 0.25) is 0 Å². The smallest absolute Gasteiger partial charge is 0.0610 e. The highest BCUT2D eigenvalue weighted by molar-refractivity contribution is 9.09. The van der Waals surface area contributed by atoms with E-state index in [1.165, 1.54) is 0 Å². The number of rotatable bonds is 0. The third-order valence-corrected chi connectivity index (χ3v) is 2.44. The number of hydrogen-bond donors (Lipinski definition) is 2. The van der Waals surface area contributed by atoms with Crippen LogP contribution in [0.25, 0.3) is 0 Å². The lowest BCUT2D eigenvalue weighted by molar-refractivity contribution is 0.935. The number of alkyl halides is 1. The van der Waals surface area contributed by atoms with Crippen LogP contribution in [-0.2, 0) is 0 Å². The zero-order chi connectivity index (χ0) is 7.72. The fraction of sp³-hybridized carbons (Fsp3) is 0.333. The van der Waals surface area contributed by atoms with Crippen molar-refractivity contribution in [2.24, 2.45) is 11.5 Å². The Balaban J connectivity index is 2.92. The normalized spacial score (nSPS) is 26.6. The summed E-state index contributed by atoms with van der Waals surface area (Å²) in [6.45, 7) is 0. The molecular weight excluding hydrogens is 215 g/mol. The second-order valence-electron chi connectivity index (χ2n) is 2.17. The number of halogens is 2. The van der Waals surface area contributed by atoms with Crippen LogP contribution < -0.4 is 11.5 Å². The molecule has 0 fully saturated rings. The van der Waals surface area contributed by atoms with Gasteiger partial charge in [-0.3, -0.25) is 0 Å². The van der Waals surface area contributed by atoms with E-state index in [0.717, 1.165) is 11.5 Å². The van der Waals surface area contributed by atoms with Gasteiger partial charge in [0.25, 0.3) is 0 Å². The lowest BCUT2D eigenvalue weighted by Gasteiger charge is -2.16. The predicted molar refractivity (Wildman–Crippen MR) is 46.7 cm³/mol. The molecule has 1 rings (SSSR count). The average Bonchev–Trinajstić information content (AvgIpc) is 1.82. The molecule has 0 aromatic carbocycles. The average molecular weight is 224 g/mol. The van der Waals surface area contributed by atoms with Crippen LogP contribution in [-0.4, -0.2) is 4.83 Å². The van der Waals surface area contributed by atoms with E-state index < -0.39 is 0 Å². The SMILES string of the molecule is NC1=C(N)C(Br)CC(Cl)=C1. The molecular formula is C6H8BrClN2. The second kappa shape index (κ2) is 2.84. The lowest BCUT2D eigenvalue weighted by Crippen LogP contribution is -2.20. The quantitative estimate of drug-likeness (QED) is 0.610. The topological polar surface area (TPSA) is 52.0 Å². The Morgan fingerprint density at radius 3 is 2.70 bits per heavy atom. The minimum absolute atomic E-state index is 0.102. The van der Waals surface area contributed by atoms with E-state index >= 15 is 0 Å². The minimum atomic E-state index is 0.102. The zero-order valence-corrected chi connectivity index (χ0v) is 7.61. The first-order chi connectivity index (χ1) is 4.61. The summed E-state index contributed by atoms with van der Waals surface area (Å²) in [5.74, 6) is 0. The molecule has 0 saturated heterocycles. The Labute approximate surface area is 73.0 Å². The lowest BCUT2D eigenvalue weighted by atomic mass is 10.1. The largest absolute Gasteiger partial charge is 0.399 e. The van der Waals surface area contributed by atoms with Crippen LogP contribution >= 0.6 is 27.5 Å². The third kappa shape index (κ3) is 1.47. The van der Waals surface area contributed by atoms with Crippen molar-refractivity contribution in [3.05, 3.63) is 22.5 Å². The fourth-order valence-electron chi connectivity index (χ4n) is 0.773. The summed E-state index contributed by atoms with van der Waals surface area (Å²) in [4.78, 5) is 0.102. The molecule has 1 atom stereocenters. The molecule has 4 heteroatoms. The van der Waals surface area contributed by atoms with Crippen LogP contribution in [0.5, 0.6) is 0 Å². The first-order valence-corrected chi connectivity index (χ1v) is 4.16. The highest BCUT2D eigenvalue weighted by atomic mass is 79.9. The maximum Gasteiger partial charge on any atom is 0.0610 e. The highest BCUT2D eigenvalue weighted by Gasteiger charge is 2.16. The highest BCUT2D eigenvalue weighted by Crippen LogP contribution is 2.26. The molecule has 0 radical (unpaired) electrons. The summed E-state index contributed by atoms with van der Waals surface area (Å²) in [6.07, 6.45) is 2.42. The molecule has 4 N–H and O–H groups in total. The first kappa shape index (κ1) is 7.95. The van der Waals surface area contributed by atoms with Gasteiger partial charge in [0, 0.05) is 17.2 Å². The standard InChI is InChI=1S/C6H8BrClN2/c7-4-1-3(8)2-5(9)6(4)10/h2,4H,1,9-10H2. The van der Waals surface area contributed by atoms with Gasteiger partial charge in [0.1, 0.15) is 0 Å². The van der Waals surface area contributed by atoms with Gasteiger partial charge in [-0.05, 0) is 6.08 Å². The Bertz CT molecular complexity index is 210. The first-order valence-electron chi connectivity index (χ1n) is 2.86. The van der Waals surface area contributed by atoms with Crippen LogP contribution in [0.4, 0.5) is 0 Å². The fourth-order valence-corrected chi connectivity index (χ4v) is 1.84. The molecule has 0 amide bonds. The van der Waals surface area contributed by atoms with E-state index in [4.69, 9.17) is 23.1 Å². The molecule has 1 aliphatic carbocycles. The molecule has 10 heavy (non-hydrogen) atoms.